The van der Waals surface area contributed by atoms with Crippen molar-refractivity contribution in [2.24, 2.45) is 5.92 Å². The summed E-state index contributed by atoms with van der Waals surface area (Å²) >= 11 is 0. The summed E-state index contributed by atoms with van der Waals surface area (Å²) < 4.78 is 37.9. The first-order valence-corrected chi connectivity index (χ1v) is 9.05. The van der Waals surface area contributed by atoms with Crippen molar-refractivity contribution in [3.8, 4) is 0 Å². The average molecular weight is 377 g/mol. The fourth-order valence-electron chi connectivity index (χ4n) is 3.18. The van der Waals surface area contributed by atoms with Gasteiger partial charge in [0.2, 0.25) is 5.91 Å². The largest absolute Gasteiger partial charge is 0.417 e. The molecule has 7 heteroatoms. The minimum Gasteiger partial charge on any atom is -0.357 e. The van der Waals surface area contributed by atoms with Crippen LogP contribution in [0.2, 0.25) is 0 Å². The van der Waals surface area contributed by atoms with E-state index in [0.29, 0.717) is 31.7 Å². The van der Waals surface area contributed by atoms with E-state index in [1.165, 1.54) is 11.6 Å². The van der Waals surface area contributed by atoms with Gasteiger partial charge in [-0.05, 0) is 49.1 Å². The zero-order chi connectivity index (χ0) is 19.4. The first-order valence-electron chi connectivity index (χ1n) is 9.05. The molecule has 0 radical (unpaired) electrons. The molecule has 2 heterocycles. The number of nitrogens with one attached hydrogen (secondary N) is 1. The fourth-order valence-corrected chi connectivity index (χ4v) is 3.18. The van der Waals surface area contributed by atoms with Crippen LogP contribution in [0, 0.1) is 5.92 Å². The number of nitrogens with zero attached hydrogens (tertiary/aromatic N) is 2. The van der Waals surface area contributed by atoms with Crippen LogP contribution >= 0.6 is 0 Å². The molecule has 1 aromatic carbocycles. The minimum absolute atomic E-state index is 0.0146. The molecule has 1 aliphatic rings. The molecule has 1 aliphatic heterocycles. The third-order valence-electron chi connectivity index (χ3n) is 4.89. The van der Waals surface area contributed by atoms with Crippen LogP contribution < -0.4 is 10.2 Å². The van der Waals surface area contributed by atoms with Gasteiger partial charge in [0.05, 0.1) is 5.56 Å². The van der Waals surface area contributed by atoms with Crippen LogP contribution in [0.4, 0.5) is 24.7 Å². The summed E-state index contributed by atoms with van der Waals surface area (Å²) in [6, 6.07) is 10.2. The Morgan fingerprint density at radius 3 is 2.33 bits per heavy atom. The predicted octanol–water partition coefficient (Wildman–Crippen LogP) is 4.52. The first kappa shape index (κ1) is 19.2. The van der Waals surface area contributed by atoms with Crippen LogP contribution in [-0.4, -0.2) is 24.0 Å². The number of hydrogen-bond acceptors (Lipinski definition) is 3. The van der Waals surface area contributed by atoms with Gasteiger partial charge in [0.25, 0.3) is 0 Å². The second-order valence-electron chi connectivity index (χ2n) is 6.70. The lowest BCUT2D eigenvalue weighted by molar-refractivity contribution is -0.137. The Kier molecular flexibility index (Phi) is 5.68. The topological polar surface area (TPSA) is 45.2 Å². The summed E-state index contributed by atoms with van der Waals surface area (Å²) in [4.78, 5) is 18.3. The van der Waals surface area contributed by atoms with Gasteiger partial charge in [-0.25, -0.2) is 4.98 Å². The maximum atomic E-state index is 12.6. The number of benzene rings is 1. The molecule has 27 heavy (non-hydrogen) atoms. The van der Waals surface area contributed by atoms with E-state index < -0.39 is 11.7 Å². The number of alkyl halides is 3. The third kappa shape index (κ3) is 4.78. The molecule has 2 aromatic rings. The lowest BCUT2D eigenvalue weighted by atomic mass is 9.95. The molecule has 0 unspecified atom stereocenters. The number of hydrogen-bond donors (Lipinski definition) is 1. The average Bonchev–Trinajstić information content (AvgIpc) is 2.68. The molecule has 1 amide bonds. The van der Waals surface area contributed by atoms with Gasteiger partial charge in [0, 0.05) is 30.9 Å². The van der Waals surface area contributed by atoms with Gasteiger partial charge in [-0.2, -0.15) is 13.2 Å². The molecule has 1 fully saturated rings. The zero-order valence-corrected chi connectivity index (χ0v) is 15.1. The number of rotatable bonds is 4. The van der Waals surface area contributed by atoms with E-state index in [0.717, 1.165) is 24.4 Å². The van der Waals surface area contributed by atoms with Crippen molar-refractivity contribution in [2.45, 2.75) is 32.4 Å². The van der Waals surface area contributed by atoms with Crippen molar-refractivity contribution in [2.75, 3.05) is 23.3 Å². The maximum Gasteiger partial charge on any atom is 0.417 e. The summed E-state index contributed by atoms with van der Waals surface area (Å²) in [5.74, 6) is 0.387. The predicted molar refractivity (Wildman–Crippen MR) is 98.6 cm³/mol. The number of halogens is 3. The van der Waals surface area contributed by atoms with Gasteiger partial charge < -0.3 is 10.2 Å². The number of carbonyl (C=O) groups excluding carboxylic acids is 1. The van der Waals surface area contributed by atoms with Gasteiger partial charge in [0.15, 0.2) is 0 Å². The molecule has 4 nitrogen and oxygen atoms in total. The summed E-state index contributed by atoms with van der Waals surface area (Å²) in [5.41, 5.74) is 1.24. The maximum absolute atomic E-state index is 12.6. The first-order chi connectivity index (χ1) is 12.9. The Bertz CT molecular complexity index is 765. The van der Waals surface area contributed by atoms with Gasteiger partial charge in [-0.1, -0.05) is 19.1 Å². The van der Waals surface area contributed by atoms with Gasteiger partial charge in [0.1, 0.15) is 5.82 Å². The van der Waals surface area contributed by atoms with Crippen LogP contribution in [0.15, 0.2) is 42.6 Å². The Labute approximate surface area is 156 Å². The van der Waals surface area contributed by atoms with Crippen molar-refractivity contribution in [1.29, 1.82) is 0 Å². The van der Waals surface area contributed by atoms with Gasteiger partial charge in [-0.3, -0.25) is 4.79 Å². The number of carbonyl (C=O) groups is 1. The minimum atomic E-state index is -4.38. The highest BCUT2D eigenvalue weighted by molar-refractivity contribution is 5.92. The van der Waals surface area contributed by atoms with Crippen LogP contribution in [0.1, 0.15) is 30.9 Å². The molecule has 1 aromatic heterocycles. The van der Waals surface area contributed by atoms with Crippen molar-refractivity contribution in [1.82, 2.24) is 4.98 Å². The van der Waals surface area contributed by atoms with E-state index in [-0.39, 0.29) is 11.8 Å². The van der Waals surface area contributed by atoms with E-state index >= 15 is 0 Å². The molecule has 0 saturated carbocycles. The van der Waals surface area contributed by atoms with Crippen molar-refractivity contribution in [3.63, 3.8) is 0 Å². The smallest absolute Gasteiger partial charge is 0.357 e. The summed E-state index contributed by atoms with van der Waals surface area (Å²) in [6.45, 7) is 3.25. The number of piperidine rings is 1. The van der Waals surface area contributed by atoms with Crippen LogP contribution in [0.25, 0.3) is 0 Å². The summed E-state index contributed by atoms with van der Waals surface area (Å²) in [6.07, 6.45) is -1.30. The quantitative estimate of drug-likeness (QED) is 0.852. The van der Waals surface area contributed by atoms with Crippen molar-refractivity contribution >= 4 is 17.4 Å². The standard InChI is InChI=1S/C20H22F3N3O/c1-2-14-3-6-17(7-4-14)25-19(27)15-9-11-26(12-10-15)18-8-5-16(13-24-18)20(21,22)23/h3-8,13,15H,2,9-12H2,1H3,(H,25,27). The second kappa shape index (κ2) is 7.98. The number of amides is 1. The molecule has 0 bridgehead atoms. The van der Waals surface area contributed by atoms with Gasteiger partial charge in [-0.15, -0.1) is 0 Å². The Balaban J connectivity index is 1.54. The lowest BCUT2D eigenvalue weighted by Crippen LogP contribution is -2.38. The lowest BCUT2D eigenvalue weighted by Gasteiger charge is -2.32. The normalized spacial score (nSPS) is 15.6. The highest BCUT2D eigenvalue weighted by Gasteiger charge is 2.31. The van der Waals surface area contributed by atoms with E-state index in [1.807, 2.05) is 29.2 Å². The van der Waals surface area contributed by atoms with E-state index in [2.05, 4.69) is 17.2 Å². The van der Waals surface area contributed by atoms with Crippen molar-refractivity contribution in [3.05, 3.63) is 53.7 Å². The molecule has 144 valence electrons. The Hall–Kier alpha value is -2.57. The molecular formula is C20H22F3N3O. The number of aryl methyl sites for hydroxylation is 1. The molecule has 3 rings (SSSR count). The number of anilines is 2. The van der Waals surface area contributed by atoms with E-state index in [4.69, 9.17) is 0 Å². The number of pyridine rings is 1. The Morgan fingerprint density at radius 2 is 1.81 bits per heavy atom. The second-order valence-corrected chi connectivity index (χ2v) is 6.70. The number of aromatic nitrogens is 1. The molecule has 1 saturated heterocycles. The highest BCUT2D eigenvalue weighted by atomic mass is 19.4. The Morgan fingerprint density at radius 1 is 1.15 bits per heavy atom. The van der Waals surface area contributed by atoms with E-state index in [9.17, 15) is 18.0 Å². The van der Waals surface area contributed by atoms with Crippen LogP contribution in [0.5, 0.6) is 0 Å². The third-order valence-corrected chi connectivity index (χ3v) is 4.89. The van der Waals surface area contributed by atoms with Crippen molar-refractivity contribution < 1.29 is 18.0 Å². The summed E-state index contributed by atoms with van der Waals surface area (Å²) in [7, 11) is 0. The molecule has 0 aliphatic carbocycles. The summed E-state index contributed by atoms with van der Waals surface area (Å²) in [5, 5.41) is 2.94. The molecule has 0 spiro atoms. The zero-order valence-electron chi connectivity index (χ0n) is 15.1. The van der Waals surface area contributed by atoms with E-state index in [1.54, 1.807) is 0 Å². The highest BCUT2D eigenvalue weighted by Crippen LogP contribution is 2.30. The van der Waals surface area contributed by atoms with Crippen LogP contribution in [-0.2, 0) is 17.4 Å². The monoisotopic (exact) mass is 377 g/mol. The molecule has 1 N–H and O–H groups in total. The molecule has 0 atom stereocenters. The fraction of sp³-hybridized carbons (Fsp3) is 0.400. The SMILES string of the molecule is CCc1ccc(NC(=O)C2CCN(c3ccc(C(F)(F)F)cn3)CC2)cc1. The van der Waals surface area contributed by atoms with Crippen LogP contribution in [0.3, 0.4) is 0 Å². The van der Waals surface area contributed by atoms with Gasteiger partial charge >= 0.3 is 6.18 Å². The molecular weight excluding hydrogens is 355 g/mol.